The zero-order chi connectivity index (χ0) is 19.3. The van der Waals surface area contributed by atoms with E-state index >= 15 is 0 Å². The smallest absolute Gasteiger partial charge is 0.224 e. The molecule has 1 N–H and O–H groups in total. The summed E-state index contributed by atoms with van der Waals surface area (Å²) in [5, 5.41) is 3.01. The molecule has 2 aromatic rings. The van der Waals surface area contributed by atoms with E-state index in [1.165, 1.54) is 0 Å². The molecule has 26 heavy (non-hydrogen) atoms. The Labute approximate surface area is 157 Å². The number of halogens is 2. The van der Waals surface area contributed by atoms with E-state index in [1.54, 1.807) is 18.2 Å². The van der Waals surface area contributed by atoms with Gasteiger partial charge in [-0.1, -0.05) is 11.6 Å². The summed E-state index contributed by atoms with van der Waals surface area (Å²) in [5.41, 5.74) is 0.731. The Morgan fingerprint density at radius 2 is 1.96 bits per heavy atom. The van der Waals surface area contributed by atoms with Crippen LogP contribution in [0.2, 0.25) is 5.02 Å². The molecule has 0 bridgehead atoms. The minimum atomic E-state index is -3.48. The van der Waals surface area contributed by atoms with Crippen molar-refractivity contribution >= 4 is 33.0 Å². The van der Waals surface area contributed by atoms with Crippen LogP contribution in [-0.2, 0) is 14.6 Å². The average molecular weight is 400 g/mol. The molecule has 0 aliphatic rings. The molecule has 0 fully saturated rings. The zero-order valence-electron chi connectivity index (χ0n) is 14.4. The Bertz CT molecular complexity index is 915. The highest BCUT2D eigenvalue weighted by molar-refractivity contribution is 7.90. The van der Waals surface area contributed by atoms with E-state index in [4.69, 9.17) is 16.3 Å². The molecule has 0 aliphatic carbocycles. The fourth-order valence-corrected chi connectivity index (χ4v) is 3.11. The Kier molecular flexibility index (Phi) is 6.61. The first-order valence-corrected chi connectivity index (χ1v) is 10.1. The standard InChI is InChI=1S/C18H19ClFNO4S/c1-12-10-13(19)5-8-17(12)25-9-3-4-18(22)21-16-11-14(26(2,23)24)6-7-15(16)20/h5-8,10-11H,3-4,9H2,1-2H3,(H,21,22). The van der Waals surface area contributed by atoms with Crippen LogP contribution < -0.4 is 10.1 Å². The first-order valence-electron chi connectivity index (χ1n) is 7.85. The number of hydrogen-bond donors (Lipinski definition) is 1. The van der Waals surface area contributed by atoms with Crippen LogP contribution in [0.5, 0.6) is 5.75 Å². The third-order valence-corrected chi connectivity index (χ3v) is 4.93. The van der Waals surface area contributed by atoms with Gasteiger partial charge in [-0.05, 0) is 55.3 Å². The zero-order valence-corrected chi connectivity index (χ0v) is 16.0. The Morgan fingerprint density at radius 1 is 1.23 bits per heavy atom. The summed E-state index contributed by atoms with van der Waals surface area (Å²) in [4.78, 5) is 11.9. The monoisotopic (exact) mass is 399 g/mol. The number of amides is 1. The van der Waals surface area contributed by atoms with E-state index in [0.29, 0.717) is 23.8 Å². The fraction of sp³-hybridized carbons (Fsp3) is 0.278. The van der Waals surface area contributed by atoms with Crippen LogP contribution in [0.1, 0.15) is 18.4 Å². The maximum atomic E-state index is 13.8. The van der Waals surface area contributed by atoms with Gasteiger partial charge in [0.15, 0.2) is 9.84 Å². The van der Waals surface area contributed by atoms with E-state index in [9.17, 15) is 17.6 Å². The van der Waals surface area contributed by atoms with Crippen molar-refractivity contribution in [3.8, 4) is 5.75 Å². The predicted molar refractivity (Wildman–Crippen MR) is 99.1 cm³/mol. The van der Waals surface area contributed by atoms with Gasteiger partial charge in [0.25, 0.3) is 0 Å². The molecule has 0 aliphatic heterocycles. The van der Waals surface area contributed by atoms with Gasteiger partial charge in [0.1, 0.15) is 11.6 Å². The van der Waals surface area contributed by atoms with Crippen molar-refractivity contribution < 1.29 is 22.3 Å². The van der Waals surface area contributed by atoms with Gasteiger partial charge in [-0.3, -0.25) is 4.79 Å². The minimum Gasteiger partial charge on any atom is -0.493 e. The van der Waals surface area contributed by atoms with Crippen molar-refractivity contribution in [1.82, 2.24) is 0 Å². The second-order valence-corrected chi connectivity index (χ2v) is 8.28. The lowest BCUT2D eigenvalue weighted by molar-refractivity contribution is -0.116. The summed E-state index contributed by atoms with van der Waals surface area (Å²) in [6.07, 6.45) is 1.54. The van der Waals surface area contributed by atoms with Crippen molar-refractivity contribution in [2.75, 3.05) is 18.2 Å². The van der Waals surface area contributed by atoms with Crippen molar-refractivity contribution in [3.05, 3.63) is 52.8 Å². The number of benzene rings is 2. The Morgan fingerprint density at radius 3 is 2.62 bits per heavy atom. The van der Waals surface area contributed by atoms with Crippen LogP contribution in [0.15, 0.2) is 41.3 Å². The normalized spacial score (nSPS) is 11.2. The number of carbonyl (C=O) groups excluding carboxylic acids is 1. The lowest BCUT2D eigenvalue weighted by Crippen LogP contribution is -2.14. The Balaban J connectivity index is 1.87. The summed E-state index contributed by atoms with van der Waals surface area (Å²) >= 11 is 5.87. The molecule has 0 heterocycles. The topological polar surface area (TPSA) is 72.5 Å². The van der Waals surface area contributed by atoms with E-state index in [-0.39, 0.29) is 17.0 Å². The van der Waals surface area contributed by atoms with Gasteiger partial charge >= 0.3 is 0 Å². The van der Waals surface area contributed by atoms with Crippen molar-refractivity contribution in [2.45, 2.75) is 24.7 Å². The number of hydrogen-bond acceptors (Lipinski definition) is 4. The third kappa shape index (κ3) is 5.71. The largest absolute Gasteiger partial charge is 0.493 e. The molecule has 2 rings (SSSR count). The van der Waals surface area contributed by atoms with Gasteiger partial charge in [-0.15, -0.1) is 0 Å². The van der Waals surface area contributed by atoms with Crippen molar-refractivity contribution in [3.63, 3.8) is 0 Å². The van der Waals surface area contributed by atoms with Crippen LogP contribution in [0.3, 0.4) is 0 Å². The highest BCUT2D eigenvalue weighted by atomic mass is 35.5. The molecule has 0 saturated carbocycles. The predicted octanol–water partition coefficient (Wildman–Crippen LogP) is 3.99. The third-order valence-electron chi connectivity index (χ3n) is 3.58. The van der Waals surface area contributed by atoms with Gasteiger partial charge in [0, 0.05) is 17.7 Å². The second kappa shape index (κ2) is 8.51. The average Bonchev–Trinajstić information content (AvgIpc) is 2.54. The molecule has 0 saturated heterocycles. The van der Waals surface area contributed by atoms with Gasteiger partial charge in [-0.25, -0.2) is 12.8 Å². The fourth-order valence-electron chi connectivity index (χ4n) is 2.23. The van der Waals surface area contributed by atoms with E-state index in [2.05, 4.69) is 5.32 Å². The van der Waals surface area contributed by atoms with Crippen LogP contribution in [0.25, 0.3) is 0 Å². The lowest BCUT2D eigenvalue weighted by atomic mass is 10.2. The Hall–Kier alpha value is -2.12. The summed E-state index contributed by atoms with van der Waals surface area (Å²) < 4.78 is 42.4. The lowest BCUT2D eigenvalue weighted by Gasteiger charge is -2.10. The molecule has 5 nitrogen and oxygen atoms in total. The summed E-state index contributed by atoms with van der Waals surface area (Å²) in [6, 6.07) is 8.52. The van der Waals surface area contributed by atoms with Crippen LogP contribution in [0, 0.1) is 12.7 Å². The molecular formula is C18H19ClFNO4S. The molecule has 140 valence electrons. The second-order valence-electron chi connectivity index (χ2n) is 5.82. The summed E-state index contributed by atoms with van der Waals surface area (Å²) in [5.74, 6) is -0.438. The van der Waals surface area contributed by atoms with Crippen molar-refractivity contribution in [2.24, 2.45) is 0 Å². The number of ether oxygens (including phenoxy) is 1. The highest BCUT2D eigenvalue weighted by Gasteiger charge is 2.13. The SMILES string of the molecule is Cc1cc(Cl)ccc1OCCCC(=O)Nc1cc(S(C)(=O)=O)ccc1F. The van der Waals surface area contributed by atoms with Gasteiger partial charge in [-0.2, -0.15) is 0 Å². The van der Waals surface area contributed by atoms with Gasteiger partial charge in [0.2, 0.25) is 5.91 Å². The first-order chi connectivity index (χ1) is 12.2. The molecule has 1 amide bonds. The molecule has 0 unspecified atom stereocenters. The number of rotatable bonds is 7. The summed E-state index contributed by atoms with van der Waals surface area (Å²) in [6.45, 7) is 2.17. The maximum absolute atomic E-state index is 13.8. The van der Waals surface area contributed by atoms with Crippen LogP contribution in [0.4, 0.5) is 10.1 Å². The molecule has 8 heteroatoms. The highest BCUT2D eigenvalue weighted by Crippen LogP contribution is 2.22. The molecule has 0 atom stereocenters. The van der Waals surface area contributed by atoms with Crippen LogP contribution in [-0.4, -0.2) is 27.2 Å². The number of sulfone groups is 1. The molecule has 0 spiro atoms. The van der Waals surface area contributed by atoms with Crippen molar-refractivity contribution in [1.29, 1.82) is 0 Å². The number of nitrogens with one attached hydrogen (secondary N) is 1. The van der Waals surface area contributed by atoms with Gasteiger partial charge < -0.3 is 10.1 Å². The number of anilines is 1. The number of carbonyl (C=O) groups is 1. The number of aryl methyl sites for hydroxylation is 1. The van der Waals surface area contributed by atoms with E-state index < -0.39 is 21.6 Å². The van der Waals surface area contributed by atoms with Gasteiger partial charge in [0.05, 0.1) is 17.2 Å². The quantitative estimate of drug-likeness (QED) is 0.564. The molecule has 2 aromatic carbocycles. The molecule has 0 aromatic heterocycles. The van der Waals surface area contributed by atoms with E-state index in [1.807, 2.05) is 6.92 Å². The van der Waals surface area contributed by atoms with Crippen LogP contribution >= 0.6 is 11.6 Å². The summed E-state index contributed by atoms with van der Waals surface area (Å²) in [7, 11) is -3.48. The minimum absolute atomic E-state index is 0.0595. The molecular weight excluding hydrogens is 381 g/mol. The first kappa shape index (κ1) is 20.2. The van der Waals surface area contributed by atoms with E-state index in [0.717, 1.165) is 30.0 Å². The maximum Gasteiger partial charge on any atom is 0.224 e. The molecule has 0 radical (unpaired) electrons.